The van der Waals surface area contributed by atoms with E-state index < -0.39 is 11.7 Å². The van der Waals surface area contributed by atoms with E-state index in [1.54, 1.807) is 18.2 Å². The highest BCUT2D eigenvalue weighted by Gasteiger charge is 2.43. The molecule has 1 saturated heterocycles. The fourth-order valence-corrected chi connectivity index (χ4v) is 4.05. The summed E-state index contributed by atoms with van der Waals surface area (Å²) in [6.07, 6.45) is -0.145. The van der Waals surface area contributed by atoms with Gasteiger partial charge in [0.1, 0.15) is 11.5 Å². The van der Waals surface area contributed by atoms with Crippen LogP contribution in [0.15, 0.2) is 54.2 Å². The Bertz CT molecular complexity index is 989. The zero-order chi connectivity index (χ0) is 20.7. The van der Waals surface area contributed by atoms with Crippen molar-refractivity contribution in [3.05, 3.63) is 71.2 Å². The average Bonchev–Trinajstić information content (AvgIpc) is 2.92. The number of nitrogens with zero attached hydrogens (tertiary/aromatic N) is 2. The average molecular weight is 394 g/mol. The monoisotopic (exact) mass is 394 g/mol. The van der Waals surface area contributed by atoms with Crippen molar-refractivity contribution in [1.82, 2.24) is 4.90 Å². The van der Waals surface area contributed by atoms with Crippen molar-refractivity contribution in [1.29, 1.82) is 0 Å². The number of benzene rings is 2. The standard InChI is InChI=1S/C23H23FN2O3/c1-14-5-4-6-19(11-14)26-22(27)20(17-7-9-18(24)10-8-17)21(23(26)28)25-12-15(2)29-16(3)13-25/h4-11,15-16H,12-13H2,1-3H3. The molecule has 2 unspecified atom stereocenters. The van der Waals surface area contributed by atoms with Crippen LogP contribution in [-0.4, -0.2) is 42.0 Å². The van der Waals surface area contributed by atoms with Crippen molar-refractivity contribution in [2.24, 2.45) is 0 Å². The van der Waals surface area contributed by atoms with E-state index >= 15 is 0 Å². The number of carbonyl (C=O) groups excluding carboxylic acids is 2. The molecule has 0 aromatic heterocycles. The molecule has 2 aliphatic heterocycles. The molecule has 0 bridgehead atoms. The van der Waals surface area contributed by atoms with Gasteiger partial charge in [-0.15, -0.1) is 0 Å². The van der Waals surface area contributed by atoms with Gasteiger partial charge in [0.25, 0.3) is 11.8 Å². The first-order valence-electron chi connectivity index (χ1n) is 9.71. The summed E-state index contributed by atoms with van der Waals surface area (Å²) in [5.41, 5.74) is 2.67. The van der Waals surface area contributed by atoms with Gasteiger partial charge in [0.15, 0.2) is 0 Å². The van der Waals surface area contributed by atoms with Crippen LogP contribution in [0.25, 0.3) is 5.57 Å². The van der Waals surface area contributed by atoms with Crippen molar-refractivity contribution in [3.63, 3.8) is 0 Å². The molecule has 0 N–H and O–H groups in total. The number of anilines is 1. The number of morpholine rings is 1. The maximum absolute atomic E-state index is 13.5. The van der Waals surface area contributed by atoms with Crippen LogP contribution >= 0.6 is 0 Å². The van der Waals surface area contributed by atoms with Crippen LogP contribution < -0.4 is 4.90 Å². The molecule has 0 radical (unpaired) electrons. The Morgan fingerprint density at radius 3 is 2.24 bits per heavy atom. The van der Waals surface area contributed by atoms with Gasteiger partial charge in [-0.3, -0.25) is 9.59 Å². The number of imide groups is 1. The summed E-state index contributed by atoms with van der Waals surface area (Å²) in [5.74, 6) is -1.15. The van der Waals surface area contributed by atoms with Crippen LogP contribution in [0.1, 0.15) is 25.0 Å². The van der Waals surface area contributed by atoms with Gasteiger partial charge in [0.05, 0.1) is 23.5 Å². The lowest BCUT2D eigenvalue weighted by molar-refractivity contribution is -0.121. The molecule has 5 nitrogen and oxygen atoms in total. The fraction of sp³-hybridized carbons (Fsp3) is 0.304. The van der Waals surface area contributed by atoms with Gasteiger partial charge in [-0.1, -0.05) is 24.3 Å². The highest BCUT2D eigenvalue weighted by atomic mass is 19.1. The van der Waals surface area contributed by atoms with E-state index in [1.807, 2.05) is 43.9 Å². The minimum Gasteiger partial charge on any atom is -0.372 e. The Labute approximate surface area is 169 Å². The number of amides is 2. The van der Waals surface area contributed by atoms with Gasteiger partial charge in [-0.05, 0) is 56.2 Å². The van der Waals surface area contributed by atoms with E-state index in [-0.39, 0.29) is 18.1 Å². The minimum absolute atomic E-state index is 0.0726. The maximum atomic E-state index is 13.5. The number of rotatable bonds is 3. The molecular formula is C23H23FN2O3. The topological polar surface area (TPSA) is 49.9 Å². The van der Waals surface area contributed by atoms with E-state index in [2.05, 4.69) is 0 Å². The highest BCUT2D eigenvalue weighted by Crippen LogP contribution is 2.36. The van der Waals surface area contributed by atoms with Crippen LogP contribution in [0.2, 0.25) is 0 Å². The Morgan fingerprint density at radius 1 is 0.966 bits per heavy atom. The Morgan fingerprint density at radius 2 is 1.62 bits per heavy atom. The third kappa shape index (κ3) is 3.56. The van der Waals surface area contributed by atoms with E-state index in [0.717, 1.165) is 5.56 Å². The second-order valence-electron chi connectivity index (χ2n) is 7.68. The largest absolute Gasteiger partial charge is 0.372 e. The molecule has 2 atom stereocenters. The lowest BCUT2D eigenvalue weighted by Gasteiger charge is -2.37. The molecule has 0 spiro atoms. The maximum Gasteiger partial charge on any atom is 0.282 e. The Balaban J connectivity index is 1.84. The number of ether oxygens (including phenoxy) is 1. The smallest absolute Gasteiger partial charge is 0.282 e. The van der Waals surface area contributed by atoms with Crippen LogP contribution in [-0.2, 0) is 14.3 Å². The second kappa shape index (κ2) is 7.44. The van der Waals surface area contributed by atoms with Gasteiger partial charge >= 0.3 is 0 Å². The SMILES string of the molecule is Cc1cccc(N2C(=O)C(c3ccc(F)cc3)=C(N3CC(C)OC(C)C3)C2=O)c1. The summed E-state index contributed by atoms with van der Waals surface area (Å²) in [6.45, 7) is 6.81. The zero-order valence-corrected chi connectivity index (χ0v) is 16.7. The van der Waals surface area contributed by atoms with Gasteiger partial charge in [-0.2, -0.15) is 0 Å². The molecule has 2 heterocycles. The third-order valence-corrected chi connectivity index (χ3v) is 5.19. The lowest BCUT2D eigenvalue weighted by atomic mass is 10.0. The normalized spacial score (nSPS) is 22.6. The first-order valence-corrected chi connectivity index (χ1v) is 9.71. The molecule has 2 aromatic carbocycles. The van der Waals surface area contributed by atoms with Crippen molar-refractivity contribution in [2.75, 3.05) is 18.0 Å². The Hall–Kier alpha value is -2.99. The summed E-state index contributed by atoms with van der Waals surface area (Å²) in [6, 6.07) is 13.0. The summed E-state index contributed by atoms with van der Waals surface area (Å²) in [4.78, 5) is 30.0. The molecule has 6 heteroatoms. The summed E-state index contributed by atoms with van der Waals surface area (Å²) in [5, 5.41) is 0. The van der Waals surface area contributed by atoms with Crippen LogP contribution in [0.3, 0.4) is 0 Å². The van der Waals surface area contributed by atoms with E-state index in [0.29, 0.717) is 35.6 Å². The molecule has 150 valence electrons. The van der Waals surface area contributed by atoms with Crippen molar-refractivity contribution >= 4 is 23.1 Å². The van der Waals surface area contributed by atoms with Crippen LogP contribution in [0.5, 0.6) is 0 Å². The number of hydrogen-bond donors (Lipinski definition) is 0. The number of halogens is 1. The van der Waals surface area contributed by atoms with E-state index in [9.17, 15) is 14.0 Å². The predicted molar refractivity (Wildman–Crippen MR) is 109 cm³/mol. The summed E-state index contributed by atoms with van der Waals surface area (Å²) >= 11 is 0. The van der Waals surface area contributed by atoms with Crippen LogP contribution in [0, 0.1) is 12.7 Å². The minimum atomic E-state index is -0.394. The van der Waals surface area contributed by atoms with E-state index in [4.69, 9.17) is 4.74 Å². The fourth-order valence-electron chi connectivity index (χ4n) is 4.05. The van der Waals surface area contributed by atoms with Gasteiger partial charge in [0, 0.05) is 13.1 Å². The molecule has 2 amide bonds. The first-order chi connectivity index (χ1) is 13.8. The molecule has 0 aliphatic carbocycles. The molecule has 29 heavy (non-hydrogen) atoms. The van der Waals surface area contributed by atoms with E-state index in [1.165, 1.54) is 17.0 Å². The number of carbonyl (C=O) groups is 2. The third-order valence-electron chi connectivity index (χ3n) is 5.19. The predicted octanol–water partition coefficient (Wildman–Crippen LogP) is 3.53. The van der Waals surface area contributed by atoms with Crippen molar-refractivity contribution in [3.8, 4) is 0 Å². The Kier molecular flexibility index (Phi) is 4.96. The molecule has 2 aliphatic rings. The first kappa shape index (κ1) is 19.3. The van der Waals surface area contributed by atoms with Gasteiger partial charge < -0.3 is 9.64 Å². The summed E-state index contributed by atoms with van der Waals surface area (Å²) in [7, 11) is 0. The van der Waals surface area contributed by atoms with Crippen LogP contribution in [0.4, 0.5) is 10.1 Å². The number of aryl methyl sites for hydroxylation is 1. The highest BCUT2D eigenvalue weighted by molar-refractivity contribution is 6.45. The molecule has 0 saturated carbocycles. The molecule has 2 aromatic rings. The lowest BCUT2D eigenvalue weighted by Crippen LogP contribution is -2.47. The zero-order valence-electron chi connectivity index (χ0n) is 16.7. The molecular weight excluding hydrogens is 371 g/mol. The summed E-state index contributed by atoms with van der Waals surface area (Å²) < 4.78 is 19.3. The second-order valence-corrected chi connectivity index (χ2v) is 7.68. The number of hydrogen-bond acceptors (Lipinski definition) is 4. The van der Waals surface area contributed by atoms with Gasteiger partial charge in [0.2, 0.25) is 0 Å². The molecule has 4 rings (SSSR count). The van der Waals surface area contributed by atoms with Crippen molar-refractivity contribution in [2.45, 2.75) is 33.0 Å². The van der Waals surface area contributed by atoms with Crippen molar-refractivity contribution < 1.29 is 18.7 Å². The quantitative estimate of drug-likeness (QED) is 0.748. The molecule has 1 fully saturated rings. The van der Waals surface area contributed by atoms with Gasteiger partial charge in [-0.25, -0.2) is 9.29 Å².